The van der Waals surface area contributed by atoms with Gasteiger partial charge >= 0.3 is 0 Å². The minimum Gasteiger partial charge on any atom is -0.457 e. The van der Waals surface area contributed by atoms with Gasteiger partial charge in [-0.3, -0.25) is 14.9 Å². The predicted octanol–water partition coefficient (Wildman–Crippen LogP) is 3.78. The first kappa shape index (κ1) is 17.7. The summed E-state index contributed by atoms with van der Waals surface area (Å²) in [5.41, 5.74) is 1.48. The maximum absolute atomic E-state index is 12.8. The van der Waals surface area contributed by atoms with E-state index in [-0.39, 0.29) is 11.2 Å². The van der Waals surface area contributed by atoms with Crippen LogP contribution in [0.15, 0.2) is 62.3 Å². The largest absolute Gasteiger partial charge is 0.457 e. The fourth-order valence-corrected chi connectivity index (χ4v) is 4.28. The highest BCUT2D eigenvalue weighted by Gasteiger charge is 2.14. The molecule has 0 radical (unpaired) electrons. The van der Waals surface area contributed by atoms with Gasteiger partial charge in [0, 0.05) is 34.4 Å². The summed E-state index contributed by atoms with van der Waals surface area (Å²) in [4.78, 5) is 32.6. The summed E-state index contributed by atoms with van der Waals surface area (Å²) in [5.74, 6) is 0.943. The number of benzene rings is 1. The van der Waals surface area contributed by atoms with E-state index in [1.165, 1.54) is 27.9 Å². The minimum absolute atomic E-state index is 0.0169. The lowest BCUT2D eigenvalue weighted by atomic mass is 10.1. The average Bonchev–Trinajstić information content (AvgIpc) is 3.38. The third kappa shape index (κ3) is 3.02. The van der Waals surface area contributed by atoms with Crippen LogP contribution in [0, 0.1) is 10.1 Å². The van der Waals surface area contributed by atoms with Gasteiger partial charge < -0.3 is 4.42 Å². The number of imidazole rings is 1. The third-order valence-electron chi connectivity index (χ3n) is 4.29. The van der Waals surface area contributed by atoms with Crippen LogP contribution >= 0.6 is 27.3 Å². The molecule has 0 aliphatic carbocycles. The zero-order valence-electron chi connectivity index (χ0n) is 14.4. The Labute approximate surface area is 174 Å². The first-order valence-electron chi connectivity index (χ1n) is 8.32. The Morgan fingerprint density at radius 2 is 2.10 bits per heavy atom. The summed E-state index contributed by atoms with van der Waals surface area (Å²) in [6.07, 6.45) is 3.25. The standard InChI is InChI=1S/C19H9BrN4O4S/c20-11-7-14-17(21-9-11)23-18(25)16(29-19(23)22-14)8-13-4-5-15(28-13)10-2-1-3-12(6-10)24(26)27/h1-9H/b16-8-. The predicted molar refractivity (Wildman–Crippen MR) is 112 cm³/mol. The number of nitro benzene ring substituents is 1. The van der Waals surface area contributed by atoms with Crippen LogP contribution in [0.4, 0.5) is 5.69 Å². The van der Waals surface area contributed by atoms with Crippen molar-refractivity contribution < 1.29 is 9.34 Å². The van der Waals surface area contributed by atoms with Crippen LogP contribution in [0.1, 0.15) is 5.76 Å². The number of hydrogen-bond donors (Lipinski definition) is 0. The molecule has 4 aromatic heterocycles. The fourth-order valence-electron chi connectivity index (χ4n) is 3.00. The first-order chi connectivity index (χ1) is 14.0. The number of aromatic nitrogens is 3. The van der Waals surface area contributed by atoms with E-state index in [0.29, 0.717) is 37.7 Å². The number of thiazole rings is 1. The van der Waals surface area contributed by atoms with Gasteiger partial charge in [-0.2, -0.15) is 0 Å². The van der Waals surface area contributed by atoms with E-state index in [1.807, 2.05) is 6.07 Å². The topological polar surface area (TPSA) is 104 Å². The molecule has 0 saturated carbocycles. The van der Waals surface area contributed by atoms with Gasteiger partial charge in [-0.25, -0.2) is 14.4 Å². The molecular weight excluding hydrogens is 460 g/mol. The van der Waals surface area contributed by atoms with Crippen molar-refractivity contribution in [1.82, 2.24) is 14.4 Å². The molecule has 0 amide bonds. The number of non-ortho nitro benzene ring substituents is 1. The van der Waals surface area contributed by atoms with E-state index in [9.17, 15) is 14.9 Å². The molecule has 0 aliphatic rings. The van der Waals surface area contributed by atoms with Gasteiger partial charge in [0.1, 0.15) is 21.6 Å². The van der Waals surface area contributed by atoms with Crippen LogP contribution < -0.4 is 10.1 Å². The van der Waals surface area contributed by atoms with Crippen molar-refractivity contribution in [3.8, 4) is 11.3 Å². The molecule has 142 valence electrons. The zero-order valence-corrected chi connectivity index (χ0v) is 16.8. The van der Waals surface area contributed by atoms with E-state index in [0.717, 1.165) is 4.47 Å². The molecule has 4 heterocycles. The monoisotopic (exact) mass is 468 g/mol. The van der Waals surface area contributed by atoms with Gasteiger partial charge in [-0.15, -0.1) is 0 Å². The normalized spacial score (nSPS) is 12.2. The van der Waals surface area contributed by atoms with Gasteiger partial charge in [0.15, 0.2) is 10.6 Å². The SMILES string of the molecule is O=c1/c(=C/c2ccc(-c3cccc([N+](=O)[O-])c3)o2)sc2nc3cc(Br)cnc3n12. The molecule has 0 fully saturated rings. The van der Waals surface area contributed by atoms with Gasteiger partial charge in [0.05, 0.1) is 4.92 Å². The van der Waals surface area contributed by atoms with Crippen LogP contribution in [0.3, 0.4) is 0 Å². The quantitative estimate of drug-likeness (QED) is 0.294. The summed E-state index contributed by atoms with van der Waals surface area (Å²) < 4.78 is 8.50. The second-order valence-electron chi connectivity index (χ2n) is 6.15. The Morgan fingerprint density at radius 1 is 1.24 bits per heavy atom. The molecule has 0 N–H and O–H groups in total. The number of rotatable bonds is 3. The Bertz CT molecular complexity index is 1540. The number of nitrogens with zero attached hydrogens (tertiary/aromatic N) is 4. The fraction of sp³-hybridized carbons (Fsp3) is 0. The van der Waals surface area contributed by atoms with Crippen molar-refractivity contribution in [3.63, 3.8) is 0 Å². The Kier molecular flexibility index (Phi) is 4.03. The summed E-state index contributed by atoms with van der Waals surface area (Å²) >= 11 is 4.59. The molecule has 0 bridgehead atoms. The van der Waals surface area contributed by atoms with Crippen LogP contribution in [0.25, 0.3) is 33.5 Å². The molecule has 0 saturated heterocycles. The molecule has 1 aromatic carbocycles. The molecular formula is C19H9BrN4O4S. The van der Waals surface area contributed by atoms with Crippen LogP contribution in [-0.4, -0.2) is 19.3 Å². The van der Waals surface area contributed by atoms with E-state index < -0.39 is 4.92 Å². The van der Waals surface area contributed by atoms with E-state index >= 15 is 0 Å². The highest BCUT2D eigenvalue weighted by atomic mass is 79.9. The van der Waals surface area contributed by atoms with Crippen molar-refractivity contribution in [1.29, 1.82) is 0 Å². The van der Waals surface area contributed by atoms with Crippen LogP contribution in [-0.2, 0) is 0 Å². The van der Waals surface area contributed by atoms with Crippen molar-refractivity contribution in [2.24, 2.45) is 0 Å². The second kappa shape index (κ2) is 6.61. The van der Waals surface area contributed by atoms with Crippen molar-refractivity contribution in [2.75, 3.05) is 0 Å². The molecule has 0 unspecified atom stereocenters. The van der Waals surface area contributed by atoms with Crippen LogP contribution in [0.5, 0.6) is 0 Å². The molecule has 0 atom stereocenters. The summed E-state index contributed by atoms with van der Waals surface area (Å²) in [6, 6.07) is 11.4. The lowest BCUT2D eigenvalue weighted by Crippen LogP contribution is -2.22. The lowest BCUT2D eigenvalue weighted by molar-refractivity contribution is -0.384. The van der Waals surface area contributed by atoms with Gasteiger partial charge in [-0.1, -0.05) is 23.5 Å². The first-order valence-corrected chi connectivity index (χ1v) is 9.93. The summed E-state index contributed by atoms with van der Waals surface area (Å²) in [5, 5.41) is 11.0. The highest BCUT2D eigenvalue weighted by molar-refractivity contribution is 9.10. The molecule has 8 nitrogen and oxygen atoms in total. The van der Waals surface area contributed by atoms with Crippen molar-refractivity contribution in [2.45, 2.75) is 0 Å². The number of furan rings is 1. The molecule has 10 heteroatoms. The lowest BCUT2D eigenvalue weighted by Gasteiger charge is -1.96. The maximum Gasteiger partial charge on any atom is 0.276 e. The number of fused-ring (bicyclic) bond motifs is 3. The van der Waals surface area contributed by atoms with E-state index in [2.05, 4.69) is 25.9 Å². The molecule has 5 rings (SSSR count). The average molecular weight is 469 g/mol. The Hall–Kier alpha value is -3.37. The van der Waals surface area contributed by atoms with E-state index in [1.54, 1.807) is 36.5 Å². The highest BCUT2D eigenvalue weighted by Crippen LogP contribution is 2.26. The van der Waals surface area contributed by atoms with Gasteiger partial charge in [0.2, 0.25) is 0 Å². The molecule has 0 spiro atoms. The smallest absolute Gasteiger partial charge is 0.276 e. The number of nitro groups is 1. The van der Waals surface area contributed by atoms with Crippen molar-refractivity contribution in [3.05, 3.63) is 83.9 Å². The van der Waals surface area contributed by atoms with E-state index in [4.69, 9.17) is 4.42 Å². The Balaban J connectivity index is 1.59. The molecule has 5 aromatic rings. The third-order valence-corrected chi connectivity index (χ3v) is 5.69. The zero-order chi connectivity index (χ0) is 20.1. The minimum atomic E-state index is -0.457. The molecule has 0 aliphatic heterocycles. The molecule has 29 heavy (non-hydrogen) atoms. The van der Waals surface area contributed by atoms with Gasteiger partial charge in [-0.05, 0) is 34.1 Å². The number of pyridine rings is 1. The van der Waals surface area contributed by atoms with Crippen LogP contribution in [0.2, 0.25) is 0 Å². The maximum atomic E-state index is 12.8. The number of hydrogen-bond acceptors (Lipinski definition) is 7. The second-order valence-corrected chi connectivity index (χ2v) is 8.08. The number of halogens is 1. The summed E-state index contributed by atoms with van der Waals surface area (Å²) in [7, 11) is 0. The summed E-state index contributed by atoms with van der Waals surface area (Å²) in [6.45, 7) is 0. The van der Waals surface area contributed by atoms with Gasteiger partial charge in [0.25, 0.3) is 11.2 Å². The van der Waals surface area contributed by atoms with Crippen molar-refractivity contribution >= 4 is 55.2 Å². The Morgan fingerprint density at radius 3 is 2.93 bits per heavy atom.